The molecule has 0 spiro atoms. The molecule has 1 aromatic rings. The van der Waals surface area contributed by atoms with Crippen molar-refractivity contribution in [1.82, 2.24) is 0 Å². The van der Waals surface area contributed by atoms with E-state index in [1.54, 1.807) is 0 Å². The third-order valence-electron chi connectivity index (χ3n) is 2.55. The third-order valence-corrected chi connectivity index (χ3v) is 3.56. The van der Waals surface area contributed by atoms with E-state index >= 15 is 0 Å². The standard InChI is InChI=1S/C9H7.C4H10.Al.2H/c1-2-5-9-7-3-6-8(9)4-1;1-3-4-2;;;/h1-7H;3-4H2,1-2H3;;;. The largest absolute Gasteiger partial charge is 0.229 e. The second-order valence-electron chi connectivity index (χ2n) is 3.78. The van der Waals surface area contributed by atoms with Gasteiger partial charge in [-0.15, -0.1) is 0 Å². The molecular weight excluding hydrogens is 183 g/mol. The zero-order valence-corrected chi connectivity index (χ0v) is 11.5. The molecule has 1 heteroatoms. The molecule has 2 rings (SSSR count). The first-order valence-electron chi connectivity index (χ1n) is 5.56. The minimum Gasteiger partial charge on any atom is -0.0905 e. The van der Waals surface area contributed by atoms with Crippen molar-refractivity contribution in [2.24, 2.45) is 0 Å². The van der Waals surface area contributed by atoms with Crippen molar-refractivity contribution in [2.45, 2.75) is 31.5 Å². The number of allylic oxidation sites excluding steroid dienone is 1. The van der Waals surface area contributed by atoms with Crippen LogP contribution in [0, 0.1) is 0 Å². The zero-order chi connectivity index (χ0) is 10.4. The van der Waals surface area contributed by atoms with E-state index in [0.29, 0.717) is 0 Å². The van der Waals surface area contributed by atoms with Gasteiger partial charge in [-0.05, 0) is 15.9 Å². The maximum Gasteiger partial charge on any atom is 0.229 e. The molecular formula is C13H19Al. The van der Waals surface area contributed by atoms with Crippen molar-refractivity contribution in [2.75, 3.05) is 0 Å². The second-order valence-corrected chi connectivity index (χ2v) is 5.02. The van der Waals surface area contributed by atoms with Crippen molar-refractivity contribution in [1.29, 1.82) is 0 Å². The van der Waals surface area contributed by atoms with Crippen LogP contribution in [-0.4, -0.2) is 16.3 Å². The third kappa shape index (κ3) is 3.01. The van der Waals surface area contributed by atoms with Crippen LogP contribution in [0.25, 0.3) is 6.08 Å². The van der Waals surface area contributed by atoms with Gasteiger partial charge in [0.05, 0.1) is 0 Å². The molecule has 0 fully saturated rings. The Hall–Kier alpha value is -0.508. The molecule has 1 aliphatic rings. The van der Waals surface area contributed by atoms with Gasteiger partial charge in [0.1, 0.15) is 0 Å². The molecule has 0 N–H and O–H groups in total. The van der Waals surface area contributed by atoms with Gasteiger partial charge in [0.15, 0.2) is 0 Å². The van der Waals surface area contributed by atoms with E-state index in [2.05, 4.69) is 50.3 Å². The first-order valence-corrected chi connectivity index (χ1v) is 6.72. The van der Waals surface area contributed by atoms with Crippen LogP contribution in [0.4, 0.5) is 0 Å². The summed E-state index contributed by atoms with van der Waals surface area (Å²) in [6.07, 6.45) is 7.17. The summed E-state index contributed by atoms with van der Waals surface area (Å²) < 4.78 is 0.760. The minimum absolute atomic E-state index is 0.760. The molecule has 0 heterocycles. The molecule has 1 unspecified atom stereocenters. The normalized spacial score (nSPS) is 17.1. The highest BCUT2D eigenvalue weighted by Gasteiger charge is 2.09. The van der Waals surface area contributed by atoms with Gasteiger partial charge >= 0.3 is 0 Å². The number of hydrogen-bond acceptors (Lipinski definition) is 0. The predicted molar refractivity (Wildman–Crippen MR) is 67.3 cm³/mol. The number of benzene rings is 1. The van der Waals surface area contributed by atoms with Crippen LogP contribution in [0.15, 0.2) is 30.3 Å². The van der Waals surface area contributed by atoms with Crippen molar-refractivity contribution >= 4 is 22.4 Å². The molecule has 14 heavy (non-hydrogen) atoms. The van der Waals surface area contributed by atoms with Crippen LogP contribution in [0.3, 0.4) is 0 Å². The Bertz CT molecular complexity index is 300. The SMILES string of the molecule is CCCC.[AlH2][CH]1C=Cc2ccccc21. The van der Waals surface area contributed by atoms with E-state index < -0.39 is 0 Å². The van der Waals surface area contributed by atoms with E-state index in [-0.39, 0.29) is 0 Å². The molecule has 0 aliphatic heterocycles. The smallest absolute Gasteiger partial charge is 0.0905 e. The summed E-state index contributed by atoms with van der Waals surface area (Å²) in [5.41, 5.74) is 2.94. The lowest BCUT2D eigenvalue weighted by atomic mass is 10.1. The molecule has 1 atom stereocenters. The van der Waals surface area contributed by atoms with Crippen LogP contribution in [0.5, 0.6) is 0 Å². The molecule has 0 saturated heterocycles. The van der Waals surface area contributed by atoms with Crippen molar-refractivity contribution in [3.63, 3.8) is 0 Å². The van der Waals surface area contributed by atoms with Crippen molar-refractivity contribution in [3.05, 3.63) is 41.5 Å². The van der Waals surface area contributed by atoms with Crippen LogP contribution < -0.4 is 0 Å². The summed E-state index contributed by atoms with van der Waals surface area (Å²) in [5.74, 6) is 0. The molecule has 0 aromatic heterocycles. The van der Waals surface area contributed by atoms with Crippen LogP contribution >= 0.6 is 0 Å². The Morgan fingerprint density at radius 2 is 1.79 bits per heavy atom. The fourth-order valence-electron chi connectivity index (χ4n) is 1.43. The van der Waals surface area contributed by atoms with Gasteiger partial charge < -0.3 is 0 Å². The zero-order valence-electron chi connectivity index (χ0n) is 9.46. The van der Waals surface area contributed by atoms with Crippen molar-refractivity contribution < 1.29 is 0 Å². The number of rotatable bonds is 1. The molecule has 0 saturated carbocycles. The molecule has 0 bridgehead atoms. The predicted octanol–water partition coefficient (Wildman–Crippen LogP) is 3.19. The van der Waals surface area contributed by atoms with E-state index in [1.807, 2.05) is 0 Å². The van der Waals surface area contributed by atoms with Crippen LogP contribution in [0.1, 0.15) is 42.6 Å². The topological polar surface area (TPSA) is 0 Å². The molecule has 1 aromatic carbocycles. The van der Waals surface area contributed by atoms with Crippen LogP contribution in [-0.2, 0) is 0 Å². The number of unbranched alkanes of at least 4 members (excludes halogenated alkanes) is 1. The molecule has 74 valence electrons. The molecule has 0 radical (unpaired) electrons. The Balaban J connectivity index is 0.000000213. The van der Waals surface area contributed by atoms with E-state index in [0.717, 1.165) is 4.78 Å². The van der Waals surface area contributed by atoms with Gasteiger partial charge in [0.2, 0.25) is 16.3 Å². The Morgan fingerprint density at radius 3 is 2.36 bits per heavy atom. The Morgan fingerprint density at radius 1 is 1.14 bits per heavy atom. The highest BCUT2D eigenvalue weighted by atomic mass is 27.0. The summed E-state index contributed by atoms with van der Waals surface area (Å²) in [7, 11) is 0. The molecule has 0 amide bonds. The highest BCUT2D eigenvalue weighted by molar-refractivity contribution is 6.15. The Kier molecular flexibility index (Phi) is 5.01. The summed E-state index contributed by atoms with van der Waals surface area (Å²) in [6.45, 7) is 4.36. The second kappa shape index (κ2) is 6.07. The summed E-state index contributed by atoms with van der Waals surface area (Å²) >= 11 is 1.24. The van der Waals surface area contributed by atoms with Gasteiger partial charge in [-0.2, -0.15) is 0 Å². The van der Waals surface area contributed by atoms with Gasteiger partial charge in [0, 0.05) is 0 Å². The van der Waals surface area contributed by atoms with E-state index in [9.17, 15) is 0 Å². The average Bonchev–Trinajstić information content (AvgIpc) is 2.62. The van der Waals surface area contributed by atoms with Crippen LogP contribution in [0.2, 0.25) is 0 Å². The fraction of sp³-hybridized carbons (Fsp3) is 0.385. The lowest BCUT2D eigenvalue weighted by molar-refractivity contribution is 0.886. The molecule has 0 nitrogen and oxygen atoms in total. The molecule has 1 aliphatic carbocycles. The van der Waals surface area contributed by atoms with E-state index in [4.69, 9.17) is 0 Å². The van der Waals surface area contributed by atoms with Gasteiger partial charge in [0.25, 0.3) is 0 Å². The maximum atomic E-state index is 2.30. The number of fused-ring (bicyclic) bond motifs is 1. The maximum absolute atomic E-state index is 2.30. The van der Waals surface area contributed by atoms with Gasteiger partial charge in [-0.25, -0.2) is 0 Å². The average molecular weight is 202 g/mol. The minimum atomic E-state index is 0.760. The fourth-order valence-corrected chi connectivity index (χ4v) is 2.15. The number of hydrogen-bond donors (Lipinski definition) is 0. The lowest BCUT2D eigenvalue weighted by Crippen LogP contribution is -1.89. The van der Waals surface area contributed by atoms with E-state index in [1.165, 1.54) is 40.3 Å². The first kappa shape index (κ1) is 11.6. The summed E-state index contributed by atoms with van der Waals surface area (Å²) in [5, 5.41) is 0. The monoisotopic (exact) mass is 202 g/mol. The first-order chi connectivity index (χ1) is 6.79. The Labute approximate surface area is 95.5 Å². The summed E-state index contributed by atoms with van der Waals surface area (Å²) in [4.78, 5) is 0. The lowest BCUT2D eigenvalue weighted by Gasteiger charge is -2.01. The van der Waals surface area contributed by atoms with Gasteiger partial charge in [-0.1, -0.05) is 63.1 Å². The summed E-state index contributed by atoms with van der Waals surface area (Å²) in [6, 6.07) is 8.64. The van der Waals surface area contributed by atoms with Crippen molar-refractivity contribution in [3.8, 4) is 0 Å². The quantitative estimate of drug-likeness (QED) is 0.613. The van der Waals surface area contributed by atoms with Gasteiger partial charge in [-0.3, -0.25) is 0 Å². The highest BCUT2D eigenvalue weighted by Crippen LogP contribution is 2.26.